The summed E-state index contributed by atoms with van der Waals surface area (Å²) in [5.41, 5.74) is 5.50. The molecule has 0 aliphatic heterocycles. The van der Waals surface area contributed by atoms with Gasteiger partial charge < -0.3 is 9.47 Å². The minimum absolute atomic E-state index is 0.151. The molecule has 0 amide bonds. The van der Waals surface area contributed by atoms with Gasteiger partial charge in [-0.2, -0.15) is 5.10 Å². The summed E-state index contributed by atoms with van der Waals surface area (Å²) in [6, 6.07) is 52.3. The van der Waals surface area contributed by atoms with Crippen molar-refractivity contribution in [1.82, 2.24) is 38.9 Å². The van der Waals surface area contributed by atoms with Crippen LogP contribution in [0.15, 0.2) is 182 Å². The van der Waals surface area contributed by atoms with Crippen molar-refractivity contribution in [2.45, 2.75) is 0 Å². The zero-order valence-electron chi connectivity index (χ0n) is 33.1. The molecule has 0 aliphatic rings. The lowest BCUT2D eigenvalue weighted by Crippen LogP contribution is -2.01. The van der Waals surface area contributed by atoms with E-state index in [4.69, 9.17) is 12.2 Å². The number of nitrogens with zero attached hydrogens (tertiary/aromatic N) is 8. The van der Waals surface area contributed by atoms with E-state index in [0.29, 0.717) is 23.0 Å². The quantitative estimate of drug-likeness (QED) is 0.159. The summed E-state index contributed by atoms with van der Waals surface area (Å²) >= 11 is 0. The number of hydrogen-bond acceptors (Lipinski definition) is 7. The predicted octanol–water partition coefficient (Wildman–Crippen LogP) is 11.5. The molecule has 0 saturated heterocycles. The first-order valence-corrected chi connectivity index (χ1v) is 19.1. The highest BCUT2D eigenvalue weighted by Gasteiger charge is 2.19. The Morgan fingerprint density at radius 2 is 0.780 bits per heavy atom. The van der Waals surface area contributed by atoms with Crippen LogP contribution in [-0.2, 0) is 0 Å². The Balaban J connectivity index is 0.970. The first-order chi connectivity index (χ1) is 30.1. The van der Waals surface area contributed by atoms with Crippen LogP contribution in [0.25, 0.3) is 83.0 Å². The van der Waals surface area contributed by atoms with Gasteiger partial charge in [-0.15, -0.1) is 5.10 Å². The van der Waals surface area contributed by atoms with Crippen LogP contribution in [0.2, 0.25) is 0 Å². The largest absolute Gasteiger partial charge is 0.457 e. The van der Waals surface area contributed by atoms with E-state index in [1.54, 1.807) is 12.4 Å². The zero-order valence-corrected chi connectivity index (χ0v) is 31.1. The molecule has 0 unspecified atom stereocenters. The second-order valence-electron chi connectivity index (χ2n) is 14.2. The molecule has 10 nitrogen and oxygen atoms in total. The van der Waals surface area contributed by atoms with Crippen LogP contribution in [0.1, 0.15) is 2.74 Å². The molecular formula is C49H30N8O2. The minimum atomic E-state index is -0.311. The standard InChI is InChI=1S/C49H30N8O2/c1-3-11-41-35(9-1)37-19-15-31(27-43(37)55(41)47-13-5-7-23-50-47)58-33-17-21-39-40-22-18-34(30-46(40)57(45(39)29-33)49-52-25-26-53-54-49)59-32-16-20-38-36-10-2-4-12-42(36)56(44(38)28-32)48-14-6-8-24-51-48/h1-30H/i25D,26D. The summed E-state index contributed by atoms with van der Waals surface area (Å²) < 4.78 is 35.7. The lowest BCUT2D eigenvalue weighted by molar-refractivity contribution is 0.484. The molecule has 12 rings (SSSR count). The number of benzene rings is 6. The van der Waals surface area contributed by atoms with Gasteiger partial charge >= 0.3 is 0 Å². The molecule has 6 aromatic heterocycles. The van der Waals surface area contributed by atoms with Crippen molar-refractivity contribution >= 4 is 65.4 Å². The second kappa shape index (κ2) is 13.1. The van der Waals surface area contributed by atoms with E-state index in [1.165, 1.54) is 0 Å². The summed E-state index contributed by atoms with van der Waals surface area (Å²) in [4.78, 5) is 13.7. The highest BCUT2D eigenvalue weighted by molar-refractivity contribution is 6.11. The Morgan fingerprint density at radius 3 is 1.20 bits per heavy atom. The van der Waals surface area contributed by atoms with Crippen molar-refractivity contribution in [2.24, 2.45) is 0 Å². The van der Waals surface area contributed by atoms with Gasteiger partial charge in [-0.25, -0.2) is 15.0 Å². The second-order valence-corrected chi connectivity index (χ2v) is 14.2. The number of fused-ring (bicyclic) bond motifs is 9. The fourth-order valence-electron chi connectivity index (χ4n) is 8.37. The smallest absolute Gasteiger partial charge is 0.254 e. The lowest BCUT2D eigenvalue weighted by atomic mass is 10.1. The summed E-state index contributed by atoms with van der Waals surface area (Å²) in [6.45, 7) is 0. The summed E-state index contributed by atoms with van der Waals surface area (Å²) in [5.74, 6) is 4.24. The maximum absolute atomic E-state index is 8.36. The van der Waals surface area contributed by atoms with Gasteiger partial charge in [0.1, 0.15) is 34.6 Å². The molecule has 0 spiro atoms. The molecule has 6 heterocycles. The van der Waals surface area contributed by atoms with E-state index in [-0.39, 0.29) is 18.3 Å². The first-order valence-electron chi connectivity index (χ1n) is 20.1. The molecule has 0 radical (unpaired) electrons. The van der Waals surface area contributed by atoms with Crippen LogP contribution < -0.4 is 9.47 Å². The summed E-state index contributed by atoms with van der Waals surface area (Å²) in [7, 11) is 0. The summed E-state index contributed by atoms with van der Waals surface area (Å²) in [5, 5.41) is 14.5. The molecule has 0 fully saturated rings. The Bertz CT molecular complexity index is 3480. The molecule has 0 N–H and O–H groups in total. The number of ether oxygens (including phenoxy) is 2. The van der Waals surface area contributed by atoms with Crippen LogP contribution >= 0.6 is 0 Å². The van der Waals surface area contributed by atoms with Crippen molar-refractivity contribution in [3.63, 3.8) is 0 Å². The van der Waals surface area contributed by atoms with E-state index in [0.717, 1.165) is 77.1 Å². The minimum Gasteiger partial charge on any atom is -0.457 e. The Hall–Kier alpha value is -8.37. The SMILES string of the molecule is [2H]c1nnc(-n2c3cc(Oc4ccc5c6ccccc6n(-c6ccccn6)c5c4)ccc3c3ccc(Oc4ccc5c6ccccc6n(-c6ccccn6)c5c4)cc32)nc1[2H]. The van der Waals surface area contributed by atoms with Gasteiger partial charge in [-0.3, -0.25) is 13.7 Å². The maximum Gasteiger partial charge on any atom is 0.254 e. The Kier molecular flexibility index (Phi) is 6.84. The fourth-order valence-corrected chi connectivity index (χ4v) is 8.37. The molecule has 0 atom stereocenters. The van der Waals surface area contributed by atoms with Gasteiger partial charge in [0.2, 0.25) is 0 Å². The number of para-hydroxylation sites is 2. The van der Waals surface area contributed by atoms with Gasteiger partial charge in [0.05, 0.1) is 48.2 Å². The topological polar surface area (TPSA) is 97.7 Å². The average Bonchev–Trinajstić information content (AvgIpc) is 3.92. The molecule has 0 saturated carbocycles. The Morgan fingerprint density at radius 1 is 0.373 bits per heavy atom. The normalized spacial score (nSPS) is 12.2. The number of rotatable bonds is 7. The van der Waals surface area contributed by atoms with E-state index in [9.17, 15) is 0 Å². The van der Waals surface area contributed by atoms with Crippen molar-refractivity contribution in [3.05, 3.63) is 182 Å². The van der Waals surface area contributed by atoms with E-state index < -0.39 is 0 Å². The van der Waals surface area contributed by atoms with Crippen LogP contribution in [0.5, 0.6) is 23.0 Å². The predicted molar refractivity (Wildman–Crippen MR) is 231 cm³/mol. The zero-order chi connectivity index (χ0) is 40.6. The van der Waals surface area contributed by atoms with Crippen molar-refractivity contribution < 1.29 is 12.2 Å². The molecular weight excluding hydrogens is 733 g/mol. The van der Waals surface area contributed by atoms with Crippen LogP contribution in [-0.4, -0.2) is 38.9 Å². The highest BCUT2D eigenvalue weighted by Crippen LogP contribution is 2.40. The monoisotopic (exact) mass is 764 g/mol. The molecule has 10 heteroatoms. The summed E-state index contributed by atoms with van der Waals surface area (Å²) in [6.07, 6.45) is 3.00. The third kappa shape index (κ3) is 5.31. The molecule has 0 aliphatic carbocycles. The number of aromatic nitrogens is 8. The van der Waals surface area contributed by atoms with Gasteiger partial charge in [-0.1, -0.05) is 48.5 Å². The van der Waals surface area contributed by atoms with Crippen molar-refractivity contribution in [1.29, 1.82) is 0 Å². The highest BCUT2D eigenvalue weighted by atomic mass is 16.5. The van der Waals surface area contributed by atoms with Crippen LogP contribution in [0.3, 0.4) is 0 Å². The number of hydrogen-bond donors (Lipinski definition) is 0. The Labute approximate surface area is 338 Å². The van der Waals surface area contributed by atoms with Gasteiger partial charge in [-0.05, 0) is 84.9 Å². The van der Waals surface area contributed by atoms with Gasteiger partial charge in [0.15, 0.2) is 0 Å². The molecule has 59 heavy (non-hydrogen) atoms. The van der Waals surface area contributed by atoms with Crippen LogP contribution in [0, 0.1) is 0 Å². The van der Waals surface area contributed by atoms with Gasteiger partial charge in [0, 0.05) is 69.0 Å². The molecule has 6 aromatic carbocycles. The van der Waals surface area contributed by atoms with Crippen LogP contribution in [0.4, 0.5) is 0 Å². The van der Waals surface area contributed by atoms with Gasteiger partial charge in [0.25, 0.3) is 5.95 Å². The third-order valence-corrected chi connectivity index (χ3v) is 10.8. The fraction of sp³-hybridized carbons (Fsp3) is 0. The lowest BCUT2D eigenvalue weighted by Gasteiger charge is -2.10. The van der Waals surface area contributed by atoms with E-state index >= 15 is 0 Å². The van der Waals surface area contributed by atoms with Crippen molar-refractivity contribution in [3.8, 4) is 40.6 Å². The molecule has 0 bridgehead atoms. The molecule has 12 aromatic rings. The molecule has 278 valence electrons. The maximum atomic E-state index is 8.36. The average molecular weight is 765 g/mol. The first kappa shape index (κ1) is 30.8. The van der Waals surface area contributed by atoms with Crippen molar-refractivity contribution in [2.75, 3.05) is 0 Å². The van der Waals surface area contributed by atoms with E-state index in [2.05, 4.69) is 70.7 Å². The number of pyridine rings is 2. The van der Waals surface area contributed by atoms with E-state index in [1.807, 2.05) is 126 Å². The third-order valence-electron chi connectivity index (χ3n) is 10.8.